The summed E-state index contributed by atoms with van der Waals surface area (Å²) >= 11 is 0. The Balaban J connectivity index is 2.26. The fourth-order valence-corrected chi connectivity index (χ4v) is 2.32. The highest BCUT2D eigenvalue weighted by Gasteiger charge is 2.17. The largest absolute Gasteiger partial charge is 0.496 e. The highest BCUT2D eigenvalue weighted by molar-refractivity contribution is 5.52. The molecule has 0 spiro atoms. The molecule has 0 aliphatic rings. The van der Waals surface area contributed by atoms with Gasteiger partial charge in [-0.05, 0) is 36.2 Å². The van der Waals surface area contributed by atoms with Gasteiger partial charge < -0.3 is 15.2 Å². The number of nitrogens with one attached hydrogen (secondary N) is 1. The Morgan fingerprint density at radius 3 is 2.59 bits per heavy atom. The van der Waals surface area contributed by atoms with Crippen LogP contribution in [0.4, 0.5) is 10.1 Å². The number of aliphatic hydroxyl groups is 1. The second-order valence-corrected chi connectivity index (χ2v) is 5.45. The van der Waals surface area contributed by atoms with Gasteiger partial charge in [0.25, 0.3) is 0 Å². The summed E-state index contributed by atoms with van der Waals surface area (Å²) in [5, 5.41) is 12.8. The lowest BCUT2D eigenvalue weighted by atomic mass is 9.99. The van der Waals surface area contributed by atoms with Gasteiger partial charge in [-0.15, -0.1) is 0 Å². The number of rotatable bonds is 6. The number of anilines is 1. The van der Waals surface area contributed by atoms with Crippen LogP contribution >= 0.6 is 0 Å². The topological polar surface area (TPSA) is 54.4 Å². The molecular formula is C17H21FN2O2. The molecule has 1 unspecified atom stereocenters. The molecule has 0 saturated carbocycles. The van der Waals surface area contributed by atoms with Gasteiger partial charge in [0.2, 0.25) is 0 Å². The van der Waals surface area contributed by atoms with E-state index < -0.39 is 0 Å². The summed E-state index contributed by atoms with van der Waals surface area (Å²) in [6.45, 7) is 4.04. The van der Waals surface area contributed by atoms with Crippen LogP contribution in [0.1, 0.15) is 31.1 Å². The maximum atomic E-state index is 13.0. The van der Waals surface area contributed by atoms with Crippen LogP contribution in [0.15, 0.2) is 36.5 Å². The van der Waals surface area contributed by atoms with Gasteiger partial charge in [0, 0.05) is 11.3 Å². The van der Waals surface area contributed by atoms with Crippen LogP contribution in [0.3, 0.4) is 0 Å². The molecule has 2 aromatic rings. The highest BCUT2D eigenvalue weighted by atomic mass is 19.1. The van der Waals surface area contributed by atoms with E-state index >= 15 is 0 Å². The van der Waals surface area contributed by atoms with E-state index in [4.69, 9.17) is 4.74 Å². The molecule has 22 heavy (non-hydrogen) atoms. The molecule has 4 nitrogen and oxygen atoms in total. The number of benzene rings is 1. The van der Waals surface area contributed by atoms with E-state index in [9.17, 15) is 9.50 Å². The predicted octanol–water partition coefficient (Wildman–Crippen LogP) is 3.53. The number of pyridine rings is 1. The van der Waals surface area contributed by atoms with Crippen molar-refractivity contribution < 1.29 is 14.2 Å². The number of ether oxygens (including phenoxy) is 1. The Morgan fingerprint density at radius 1 is 1.27 bits per heavy atom. The van der Waals surface area contributed by atoms with Gasteiger partial charge in [-0.25, -0.2) is 4.39 Å². The minimum absolute atomic E-state index is 0.0551. The van der Waals surface area contributed by atoms with E-state index in [-0.39, 0.29) is 24.4 Å². The van der Waals surface area contributed by atoms with Crippen molar-refractivity contribution in [1.82, 2.24) is 4.98 Å². The zero-order valence-electron chi connectivity index (χ0n) is 13.0. The summed E-state index contributed by atoms with van der Waals surface area (Å²) in [4.78, 5) is 4.16. The molecule has 0 fully saturated rings. The number of methoxy groups -OCH3 is 1. The van der Waals surface area contributed by atoms with Gasteiger partial charge in [-0.3, -0.25) is 4.98 Å². The first-order valence-corrected chi connectivity index (χ1v) is 7.21. The monoisotopic (exact) mass is 304 g/mol. The molecule has 2 rings (SSSR count). The Labute approximate surface area is 130 Å². The zero-order chi connectivity index (χ0) is 16.1. The minimum atomic E-state index is -0.349. The van der Waals surface area contributed by atoms with Crippen LogP contribution in [0, 0.1) is 11.7 Å². The van der Waals surface area contributed by atoms with Crippen LogP contribution in [0.2, 0.25) is 0 Å². The van der Waals surface area contributed by atoms with Crippen molar-refractivity contribution in [3.63, 3.8) is 0 Å². The second kappa shape index (κ2) is 7.22. The Hall–Kier alpha value is -2.14. The third kappa shape index (κ3) is 3.74. The Bertz CT molecular complexity index is 615. The molecule has 1 aromatic heterocycles. The molecule has 1 heterocycles. The lowest BCUT2D eigenvalue weighted by Crippen LogP contribution is -2.18. The van der Waals surface area contributed by atoms with E-state index in [0.717, 1.165) is 11.4 Å². The fourth-order valence-electron chi connectivity index (χ4n) is 2.32. The Kier molecular flexibility index (Phi) is 5.33. The van der Waals surface area contributed by atoms with Crippen molar-refractivity contribution in [2.75, 3.05) is 12.4 Å². The predicted molar refractivity (Wildman–Crippen MR) is 84.3 cm³/mol. The third-order valence-electron chi connectivity index (χ3n) is 3.51. The van der Waals surface area contributed by atoms with Crippen molar-refractivity contribution in [1.29, 1.82) is 0 Å². The van der Waals surface area contributed by atoms with Crippen LogP contribution in [-0.2, 0) is 6.61 Å². The molecule has 0 aliphatic carbocycles. The first-order chi connectivity index (χ1) is 10.5. The first-order valence-electron chi connectivity index (χ1n) is 7.21. The number of aliphatic hydroxyl groups excluding tert-OH is 1. The normalized spacial score (nSPS) is 12.3. The van der Waals surface area contributed by atoms with Crippen molar-refractivity contribution in [2.24, 2.45) is 5.92 Å². The summed E-state index contributed by atoms with van der Waals surface area (Å²) in [7, 11) is 1.57. The lowest BCUT2D eigenvalue weighted by molar-refractivity contribution is 0.274. The molecule has 118 valence electrons. The van der Waals surface area contributed by atoms with E-state index in [1.54, 1.807) is 13.2 Å². The molecule has 1 atom stereocenters. The molecule has 0 amide bonds. The molecule has 2 N–H and O–H groups in total. The van der Waals surface area contributed by atoms with E-state index in [1.807, 2.05) is 18.2 Å². The number of hydrogen-bond acceptors (Lipinski definition) is 4. The van der Waals surface area contributed by atoms with Gasteiger partial charge in [-0.2, -0.15) is 0 Å². The summed E-state index contributed by atoms with van der Waals surface area (Å²) < 4.78 is 18.2. The van der Waals surface area contributed by atoms with Gasteiger partial charge in [0.1, 0.15) is 11.6 Å². The lowest BCUT2D eigenvalue weighted by Gasteiger charge is -2.23. The second-order valence-electron chi connectivity index (χ2n) is 5.45. The van der Waals surface area contributed by atoms with Gasteiger partial charge in [0.05, 0.1) is 31.6 Å². The maximum absolute atomic E-state index is 13.0. The summed E-state index contributed by atoms with van der Waals surface area (Å²) in [6.07, 6.45) is 1.22. The number of nitrogens with zero attached hydrogens (tertiary/aromatic N) is 1. The molecule has 0 aliphatic heterocycles. The van der Waals surface area contributed by atoms with E-state index in [1.165, 1.54) is 12.3 Å². The quantitative estimate of drug-likeness (QED) is 0.857. The van der Waals surface area contributed by atoms with Crippen LogP contribution in [-0.4, -0.2) is 17.2 Å². The molecule has 1 aromatic carbocycles. The average molecular weight is 304 g/mol. The Morgan fingerprint density at radius 2 is 2.05 bits per heavy atom. The van der Waals surface area contributed by atoms with Gasteiger partial charge in [-0.1, -0.05) is 13.8 Å². The molecule has 0 bridgehead atoms. The number of hydrogen-bond donors (Lipinski definition) is 2. The molecular weight excluding hydrogens is 283 g/mol. The highest BCUT2D eigenvalue weighted by Crippen LogP contribution is 2.28. The van der Waals surface area contributed by atoms with Gasteiger partial charge in [0.15, 0.2) is 0 Å². The standard InChI is InChI=1S/C17H21FN2O2/c1-11(2)17(15-6-4-13(18)9-19-15)20-14-5-7-16(22-3)12(8-14)10-21/h4-9,11,17,20-21H,10H2,1-3H3. The van der Waals surface area contributed by atoms with Crippen molar-refractivity contribution in [2.45, 2.75) is 26.5 Å². The summed E-state index contributed by atoms with van der Waals surface area (Å²) in [5.74, 6) is 0.560. The third-order valence-corrected chi connectivity index (χ3v) is 3.51. The fraction of sp³-hybridized carbons (Fsp3) is 0.353. The van der Waals surface area contributed by atoms with Crippen LogP contribution < -0.4 is 10.1 Å². The summed E-state index contributed by atoms with van der Waals surface area (Å²) in [5.41, 5.74) is 2.34. The molecule has 5 heteroatoms. The van der Waals surface area contributed by atoms with Crippen LogP contribution in [0.25, 0.3) is 0 Å². The van der Waals surface area contributed by atoms with Crippen molar-refractivity contribution in [3.8, 4) is 5.75 Å². The first kappa shape index (κ1) is 16.2. The number of halogens is 1. The van der Waals surface area contributed by atoms with Crippen LogP contribution in [0.5, 0.6) is 5.75 Å². The van der Waals surface area contributed by atoms with Crippen molar-refractivity contribution in [3.05, 3.63) is 53.6 Å². The van der Waals surface area contributed by atoms with E-state index in [2.05, 4.69) is 24.1 Å². The molecule has 0 saturated heterocycles. The minimum Gasteiger partial charge on any atom is -0.496 e. The zero-order valence-corrected chi connectivity index (χ0v) is 13.0. The van der Waals surface area contributed by atoms with Gasteiger partial charge >= 0.3 is 0 Å². The smallest absolute Gasteiger partial charge is 0.141 e. The average Bonchev–Trinajstić information content (AvgIpc) is 2.53. The van der Waals surface area contributed by atoms with Crippen molar-refractivity contribution >= 4 is 5.69 Å². The molecule has 0 radical (unpaired) electrons. The summed E-state index contributed by atoms with van der Waals surface area (Å²) in [6, 6.07) is 8.58. The SMILES string of the molecule is COc1ccc(NC(c2ccc(F)cn2)C(C)C)cc1CO. The van der Waals surface area contributed by atoms with E-state index in [0.29, 0.717) is 11.3 Å². The maximum Gasteiger partial charge on any atom is 0.141 e. The number of aromatic nitrogens is 1.